The highest BCUT2D eigenvalue weighted by Crippen LogP contribution is 2.43. The van der Waals surface area contributed by atoms with E-state index >= 15 is 0 Å². The maximum absolute atomic E-state index is 13.0. The van der Waals surface area contributed by atoms with E-state index in [1.807, 2.05) is 21.1 Å². The maximum Gasteiger partial charge on any atom is 0.472 e. The Balaban J connectivity index is 4.21. The van der Waals surface area contributed by atoms with Crippen LogP contribution in [0.4, 0.5) is 0 Å². The lowest BCUT2D eigenvalue weighted by atomic mass is 10.0. The minimum Gasteiger partial charge on any atom is -0.391 e. The molecule has 0 radical (unpaired) electrons. The van der Waals surface area contributed by atoms with Gasteiger partial charge in [-0.05, 0) is 64.2 Å². The number of carbonyl (C=O) groups excluding carboxylic acids is 1. The van der Waals surface area contributed by atoms with E-state index in [9.17, 15) is 19.4 Å². The highest BCUT2D eigenvalue weighted by atomic mass is 31.2. The molecule has 0 saturated heterocycles. The number of amides is 1. The van der Waals surface area contributed by atoms with Crippen LogP contribution in [-0.4, -0.2) is 73.4 Å². The molecule has 0 saturated carbocycles. The van der Waals surface area contributed by atoms with Crippen LogP contribution in [0.3, 0.4) is 0 Å². The van der Waals surface area contributed by atoms with Crippen molar-refractivity contribution < 1.29 is 32.9 Å². The number of carbonyl (C=O) groups is 1. The van der Waals surface area contributed by atoms with Crippen molar-refractivity contribution in [2.75, 3.05) is 40.9 Å². The van der Waals surface area contributed by atoms with E-state index in [4.69, 9.17) is 9.05 Å². The summed E-state index contributed by atoms with van der Waals surface area (Å²) in [6.45, 7) is 4.77. The molecule has 0 rings (SSSR count). The Hall–Kier alpha value is -2.06. The molecule has 0 aliphatic heterocycles. The van der Waals surface area contributed by atoms with Crippen molar-refractivity contribution in [1.29, 1.82) is 0 Å². The Bertz CT molecular complexity index is 1380. The maximum atomic E-state index is 13.0. The van der Waals surface area contributed by atoms with Gasteiger partial charge in [0.15, 0.2) is 0 Å². The quantitative estimate of drug-likeness (QED) is 0.0243. The normalized spacial score (nSPS) is 14.4. The third-order valence-corrected chi connectivity index (χ3v) is 14.2. The van der Waals surface area contributed by atoms with Crippen LogP contribution in [0.25, 0.3) is 0 Å². The van der Waals surface area contributed by atoms with Crippen LogP contribution in [0, 0.1) is 0 Å². The average molecular weight is 1020 g/mol. The zero-order chi connectivity index (χ0) is 52.0. The Morgan fingerprint density at radius 1 is 0.493 bits per heavy atom. The van der Waals surface area contributed by atoms with Gasteiger partial charge in [0.1, 0.15) is 13.2 Å². The van der Waals surface area contributed by atoms with Crippen molar-refractivity contribution >= 4 is 13.7 Å². The number of hydrogen-bond donors (Lipinski definition) is 3. The molecule has 0 aliphatic carbocycles. The molecule has 0 heterocycles. The number of likely N-dealkylation sites (N-methyl/N-ethyl adjacent to an activating group) is 1. The zero-order valence-electron chi connectivity index (χ0n) is 47.2. The summed E-state index contributed by atoms with van der Waals surface area (Å²) >= 11 is 0. The highest BCUT2D eigenvalue weighted by molar-refractivity contribution is 7.47. The molecule has 0 fully saturated rings. The first-order valence-electron chi connectivity index (χ1n) is 29.8. The van der Waals surface area contributed by atoms with Crippen molar-refractivity contribution in [3.63, 3.8) is 0 Å². The van der Waals surface area contributed by atoms with Crippen LogP contribution in [0.15, 0.2) is 72.9 Å². The molecule has 0 aliphatic rings. The SMILES string of the molecule is CC/C=C\C/C=C\C/C=C\C/C=C\C/C=C\C/C=C\CCCCCCC(=O)NC(COP(=O)(O)OCC[N+](C)(C)C)C(O)CCCCCCCCCCCCCCCCCCCCCCCCCCCC. The molecule has 0 spiro atoms. The monoisotopic (exact) mass is 1020 g/mol. The van der Waals surface area contributed by atoms with Gasteiger partial charge in [0.2, 0.25) is 5.91 Å². The van der Waals surface area contributed by atoms with E-state index in [0.717, 1.165) is 89.9 Å². The summed E-state index contributed by atoms with van der Waals surface area (Å²) in [5.41, 5.74) is 0. The number of nitrogens with zero attached hydrogens (tertiary/aromatic N) is 1. The summed E-state index contributed by atoms with van der Waals surface area (Å²) < 4.78 is 23.8. The highest BCUT2D eigenvalue weighted by Gasteiger charge is 2.28. The lowest BCUT2D eigenvalue weighted by Crippen LogP contribution is -2.46. The van der Waals surface area contributed by atoms with Crippen LogP contribution in [0.2, 0.25) is 0 Å². The van der Waals surface area contributed by atoms with Gasteiger partial charge >= 0.3 is 7.82 Å². The number of hydrogen-bond acceptors (Lipinski definition) is 5. The van der Waals surface area contributed by atoms with Crippen LogP contribution >= 0.6 is 7.82 Å². The third-order valence-electron chi connectivity index (χ3n) is 13.2. The van der Waals surface area contributed by atoms with Gasteiger partial charge in [-0.2, -0.15) is 0 Å². The smallest absolute Gasteiger partial charge is 0.391 e. The molecule has 71 heavy (non-hydrogen) atoms. The molecule has 0 aromatic carbocycles. The standard InChI is InChI=1S/C62H115N2O6P/c1-6-8-10-12-14-16-18-20-22-24-26-28-30-31-32-34-35-37-39-41-43-45-47-49-51-53-55-61(65)60(59-70-71(67,68)69-58-57-64(3,4)5)63-62(66)56-54-52-50-48-46-44-42-40-38-36-33-29-27-25-23-21-19-17-15-13-11-9-7-2/h9,11,15,17,21,23,27,29,36,38,42,44,60-61,65H,6-8,10,12-14,16,18-20,22,24-26,28,30-35,37,39-41,43,45-59H2,1-5H3,(H-,63,66,67,68)/p+1/b11-9-,17-15-,23-21-,29-27-,38-36-,44-42-. The van der Waals surface area contributed by atoms with Gasteiger partial charge in [0.25, 0.3) is 0 Å². The van der Waals surface area contributed by atoms with Crippen molar-refractivity contribution in [3.05, 3.63) is 72.9 Å². The number of aliphatic hydroxyl groups is 1. The molecule has 0 aromatic heterocycles. The van der Waals surface area contributed by atoms with Gasteiger partial charge in [0.05, 0.1) is 39.9 Å². The minimum absolute atomic E-state index is 0.0660. The number of phosphoric acid groups is 1. The van der Waals surface area contributed by atoms with E-state index in [2.05, 4.69) is 92.1 Å². The van der Waals surface area contributed by atoms with Crippen LogP contribution in [0.5, 0.6) is 0 Å². The Labute approximate surface area is 440 Å². The molecular formula is C62H116N2O6P+. The van der Waals surface area contributed by atoms with E-state index in [1.54, 1.807) is 0 Å². The van der Waals surface area contributed by atoms with Gasteiger partial charge in [0, 0.05) is 6.42 Å². The molecule has 8 nitrogen and oxygen atoms in total. The predicted molar refractivity (Wildman–Crippen MR) is 309 cm³/mol. The molecule has 3 atom stereocenters. The first-order valence-corrected chi connectivity index (χ1v) is 31.3. The number of rotatable bonds is 54. The van der Waals surface area contributed by atoms with E-state index < -0.39 is 20.0 Å². The fourth-order valence-electron chi connectivity index (χ4n) is 8.58. The van der Waals surface area contributed by atoms with Gasteiger partial charge in [-0.3, -0.25) is 13.8 Å². The summed E-state index contributed by atoms with van der Waals surface area (Å²) in [5, 5.41) is 14.1. The summed E-state index contributed by atoms with van der Waals surface area (Å²) in [6.07, 6.45) is 72.5. The second kappa shape index (κ2) is 52.8. The fourth-order valence-corrected chi connectivity index (χ4v) is 9.32. The summed E-state index contributed by atoms with van der Waals surface area (Å²) in [6, 6.07) is -0.780. The minimum atomic E-state index is -4.34. The van der Waals surface area contributed by atoms with Gasteiger partial charge < -0.3 is 19.8 Å². The summed E-state index contributed by atoms with van der Waals surface area (Å²) in [7, 11) is 1.59. The Morgan fingerprint density at radius 3 is 1.24 bits per heavy atom. The Kier molecular flexibility index (Phi) is 51.3. The number of allylic oxidation sites excluding steroid dienone is 12. The van der Waals surface area contributed by atoms with Crippen LogP contribution in [0.1, 0.15) is 264 Å². The lowest BCUT2D eigenvalue weighted by molar-refractivity contribution is -0.870. The van der Waals surface area contributed by atoms with E-state index in [1.165, 1.54) is 148 Å². The predicted octanol–water partition coefficient (Wildman–Crippen LogP) is 18.3. The van der Waals surface area contributed by atoms with Crippen molar-refractivity contribution in [2.45, 2.75) is 276 Å². The molecular weight excluding hydrogens is 900 g/mol. The molecule has 9 heteroatoms. The number of nitrogens with one attached hydrogen (secondary N) is 1. The van der Waals surface area contributed by atoms with Gasteiger partial charge in [-0.25, -0.2) is 4.57 Å². The largest absolute Gasteiger partial charge is 0.472 e. The molecule has 0 bridgehead atoms. The van der Waals surface area contributed by atoms with Gasteiger partial charge in [-0.15, -0.1) is 0 Å². The van der Waals surface area contributed by atoms with E-state index in [-0.39, 0.29) is 19.1 Å². The van der Waals surface area contributed by atoms with Crippen LogP contribution < -0.4 is 5.32 Å². The molecule has 1 amide bonds. The van der Waals surface area contributed by atoms with E-state index in [0.29, 0.717) is 23.9 Å². The van der Waals surface area contributed by atoms with Gasteiger partial charge in [-0.1, -0.05) is 267 Å². The van der Waals surface area contributed by atoms with Crippen molar-refractivity contribution in [3.8, 4) is 0 Å². The number of unbranched alkanes of at least 4 members (excludes halogenated alkanes) is 29. The second-order valence-electron chi connectivity index (χ2n) is 21.3. The molecule has 414 valence electrons. The van der Waals surface area contributed by atoms with Crippen LogP contribution in [-0.2, 0) is 18.4 Å². The third kappa shape index (κ3) is 55.5. The fraction of sp³-hybridized carbons (Fsp3) is 0.790. The number of quaternary nitrogens is 1. The first kappa shape index (κ1) is 68.9. The molecule has 0 aromatic rings. The van der Waals surface area contributed by atoms with Crippen molar-refractivity contribution in [2.24, 2.45) is 0 Å². The zero-order valence-corrected chi connectivity index (χ0v) is 48.1. The Morgan fingerprint density at radius 2 is 0.845 bits per heavy atom. The number of aliphatic hydroxyl groups excluding tert-OH is 1. The molecule has 3 unspecified atom stereocenters. The second-order valence-corrected chi connectivity index (χ2v) is 22.8. The summed E-state index contributed by atoms with van der Waals surface area (Å²) in [5.74, 6) is -0.168. The van der Waals surface area contributed by atoms with Crippen molar-refractivity contribution in [1.82, 2.24) is 5.32 Å². The topological polar surface area (TPSA) is 105 Å². The summed E-state index contributed by atoms with van der Waals surface area (Å²) in [4.78, 5) is 23.4. The average Bonchev–Trinajstić information content (AvgIpc) is 3.33. The number of phosphoric ester groups is 1. The molecule has 3 N–H and O–H groups in total. The first-order chi connectivity index (χ1) is 34.5. The lowest BCUT2D eigenvalue weighted by Gasteiger charge is -2.26.